The number of hydrogen-bond acceptors (Lipinski definition) is 3. The van der Waals surface area contributed by atoms with Crippen molar-refractivity contribution in [1.29, 1.82) is 0 Å². The number of methoxy groups -OCH3 is 2. The third-order valence-corrected chi connectivity index (χ3v) is 3.03. The molecule has 0 aromatic heterocycles. The monoisotopic (exact) mass is 207 g/mol. The summed E-state index contributed by atoms with van der Waals surface area (Å²) in [5.41, 5.74) is 2.36. The van der Waals surface area contributed by atoms with E-state index in [1.807, 2.05) is 12.1 Å². The SMILES string of the molecule is CCC1CNc2c(OC)ccc(OC)c21. The number of ether oxygens (including phenoxy) is 2. The first kappa shape index (κ1) is 10.1. The lowest BCUT2D eigenvalue weighted by Gasteiger charge is -2.13. The molecular formula is C12H17NO2. The summed E-state index contributed by atoms with van der Waals surface area (Å²) in [6, 6.07) is 3.93. The summed E-state index contributed by atoms with van der Waals surface area (Å²) in [4.78, 5) is 0. The minimum absolute atomic E-state index is 0.532. The summed E-state index contributed by atoms with van der Waals surface area (Å²) in [7, 11) is 3.41. The molecule has 0 saturated carbocycles. The van der Waals surface area contributed by atoms with E-state index >= 15 is 0 Å². The molecule has 0 bridgehead atoms. The number of fused-ring (bicyclic) bond motifs is 1. The van der Waals surface area contributed by atoms with Gasteiger partial charge >= 0.3 is 0 Å². The molecule has 0 radical (unpaired) electrons. The molecule has 3 heteroatoms. The van der Waals surface area contributed by atoms with Gasteiger partial charge in [0.15, 0.2) is 0 Å². The van der Waals surface area contributed by atoms with E-state index in [2.05, 4.69) is 12.2 Å². The predicted molar refractivity (Wildman–Crippen MR) is 61.1 cm³/mol. The zero-order valence-electron chi connectivity index (χ0n) is 9.46. The Morgan fingerprint density at radius 1 is 1.27 bits per heavy atom. The Labute approximate surface area is 90.4 Å². The van der Waals surface area contributed by atoms with Crippen molar-refractivity contribution >= 4 is 5.69 Å². The molecule has 1 aliphatic heterocycles. The second kappa shape index (κ2) is 4.01. The Bertz CT molecular complexity index is 363. The van der Waals surface area contributed by atoms with Crippen molar-refractivity contribution < 1.29 is 9.47 Å². The average molecular weight is 207 g/mol. The van der Waals surface area contributed by atoms with Crippen LogP contribution < -0.4 is 14.8 Å². The highest BCUT2D eigenvalue weighted by Crippen LogP contribution is 2.45. The van der Waals surface area contributed by atoms with Crippen LogP contribution in [0.2, 0.25) is 0 Å². The predicted octanol–water partition coefficient (Wildman–Crippen LogP) is 2.62. The normalized spacial score (nSPS) is 18.2. The average Bonchev–Trinajstić information content (AvgIpc) is 2.71. The van der Waals surface area contributed by atoms with Gasteiger partial charge in [0.2, 0.25) is 0 Å². The summed E-state index contributed by atoms with van der Waals surface area (Å²) in [6.07, 6.45) is 1.11. The highest BCUT2D eigenvalue weighted by molar-refractivity contribution is 5.71. The van der Waals surface area contributed by atoms with Gasteiger partial charge in [-0.3, -0.25) is 0 Å². The number of hydrogen-bond donors (Lipinski definition) is 1. The van der Waals surface area contributed by atoms with Crippen LogP contribution in [0.15, 0.2) is 12.1 Å². The zero-order valence-corrected chi connectivity index (χ0v) is 9.46. The molecule has 15 heavy (non-hydrogen) atoms. The summed E-state index contributed by atoms with van der Waals surface area (Å²) < 4.78 is 10.7. The van der Waals surface area contributed by atoms with E-state index in [1.54, 1.807) is 14.2 Å². The van der Waals surface area contributed by atoms with E-state index in [4.69, 9.17) is 9.47 Å². The van der Waals surface area contributed by atoms with Crippen LogP contribution in [0.25, 0.3) is 0 Å². The lowest BCUT2D eigenvalue weighted by molar-refractivity contribution is 0.399. The van der Waals surface area contributed by atoms with Crippen molar-refractivity contribution in [2.45, 2.75) is 19.3 Å². The van der Waals surface area contributed by atoms with E-state index in [0.717, 1.165) is 30.2 Å². The van der Waals surface area contributed by atoms with Gasteiger partial charge in [0.05, 0.1) is 19.9 Å². The van der Waals surface area contributed by atoms with Gasteiger partial charge in [-0.05, 0) is 18.6 Å². The maximum atomic E-state index is 5.39. The van der Waals surface area contributed by atoms with Crippen LogP contribution in [-0.2, 0) is 0 Å². The first-order valence-corrected chi connectivity index (χ1v) is 5.30. The largest absolute Gasteiger partial charge is 0.496 e. The third-order valence-electron chi connectivity index (χ3n) is 3.03. The van der Waals surface area contributed by atoms with Gasteiger partial charge in [-0.15, -0.1) is 0 Å². The Balaban J connectivity index is 2.52. The van der Waals surface area contributed by atoms with Gasteiger partial charge in [0.25, 0.3) is 0 Å². The summed E-state index contributed by atoms with van der Waals surface area (Å²) in [5, 5.41) is 3.39. The minimum atomic E-state index is 0.532. The van der Waals surface area contributed by atoms with Crippen molar-refractivity contribution in [3.8, 4) is 11.5 Å². The van der Waals surface area contributed by atoms with Crippen LogP contribution in [0, 0.1) is 0 Å². The van der Waals surface area contributed by atoms with Crippen LogP contribution in [-0.4, -0.2) is 20.8 Å². The number of anilines is 1. The fraction of sp³-hybridized carbons (Fsp3) is 0.500. The standard InChI is InChI=1S/C12H17NO2/c1-4-8-7-13-12-10(15-3)6-5-9(14-2)11(8)12/h5-6,8,13H,4,7H2,1-3H3. The molecule has 82 valence electrons. The molecule has 1 N–H and O–H groups in total. The van der Waals surface area contributed by atoms with Crippen molar-refractivity contribution in [1.82, 2.24) is 0 Å². The fourth-order valence-electron chi connectivity index (χ4n) is 2.19. The Morgan fingerprint density at radius 2 is 1.93 bits per heavy atom. The van der Waals surface area contributed by atoms with E-state index in [1.165, 1.54) is 5.56 Å². The Morgan fingerprint density at radius 3 is 2.53 bits per heavy atom. The maximum absolute atomic E-state index is 5.39. The number of benzene rings is 1. The van der Waals surface area contributed by atoms with Crippen molar-refractivity contribution in [3.63, 3.8) is 0 Å². The van der Waals surface area contributed by atoms with E-state index in [-0.39, 0.29) is 0 Å². The second-order valence-electron chi connectivity index (χ2n) is 3.74. The lowest BCUT2D eigenvalue weighted by atomic mass is 9.97. The quantitative estimate of drug-likeness (QED) is 0.826. The van der Waals surface area contributed by atoms with Gasteiger partial charge in [-0.1, -0.05) is 6.92 Å². The summed E-state index contributed by atoms with van der Waals surface area (Å²) >= 11 is 0. The van der Waals surface area contributed by atoms with Gasteiger partial charge < -0.3 is 14.8 Å². The lowest BCUT2D eigenvalue weighted by Crippen LogP contribution is -2.00. The molecule has 0 fully saturated rings. The molecular weight excluding hydrogens is 190 g/mol. The van der Waals surface area contributed by atoms with Gasteiger partial charge in [0, 0.05) is 18.0 Å². The minimum Gasteiger partial charge on any atom is -0.496 e. The molecule has 3 nitrogen and oxygen atoms in total. The molecule has 1 aliphatic rings. The Kier molecular flexibility index (Phi) is 2.71. The summed E-state index contributed by atoms with van der Waals surface area (Å²) in [5.74, 6) is 2.40. The van der Waals surface area contributed by atoms with Crippen molar-refractivity contribution in [3.05, 3.63) is 17.7 Å². The first-order valence-electron chi connectivity index (χ1n) is 5.30. The van der Waals surface area contributed by atoms with Gasteiger partial charge in [0.1, 0.15) is 11.5 Å². The van der Waals surface area contributed by atoms with Crippen LogP contribution in [0.1, 0.15) is 24.8 Å². The Hall–Kier alpha value is -1.38. The van der Waals surface area contributed by atoms with Crippen LogP contribution >= 0.6 is 0 Å². The van der Waals surface area contributed by atoms with Crippen molar-refractivity contribution in [2.24, 2.45) is 0 Å². The molecule has 0 spiro atoms. The van der Waals surface area contributed by atoms with Crippen LogP contribution in [0.5, 0.6) is 11.5 Å². The third kappa shape index (κ3) is 1.52. The number of nitrogens with one attached hydrogen (secondary N) is 1. The smallest absolute Gasteiger partial charge is 0.142 e. The molecule has 1 heterocycles. The highest BCUT2D eigenvalue weighted by atomic mass is 16.5. The summed E-state index contributed by atoms with van der Waals surface area (Å²) in [6.45, 7) is 3.17. The van der Waals surface area contributed by atoms with Crippen molar-refractivity contribution in [2.75, 3.05) is 26.1 Å². The van der Waals surface area contributed by atoms with Gasteiger partial charge in [-0.2, -0.15) is 0 Å². The molecule has 2 rings (SSSR count). The maximum Gasteiger partial charge on any atom is 0.142 e. The van der Waals surface area contributed by atoms with Crippen LogP contribution in [0.3, 0.4) is 0 Å². The van der Waals surface area contributed by atoms with E-state index in [9.17, 15) is 0 Å². The molecule has 1 aromatic rings. The molecule has 0 saturated heterocycles. The molecule has 0 aliphatic carbocycles. The molecule has 1 aromatic carbocycles. The molecule has 1 atom stereocenters. The topological polar surface area (TPSA) is 30.5 Å². The highest BCUT2D eigenvalue weighted by Gasteiger charge is 2.27. The molecule has 0 amide bonds. The van der Waals surface area contributed by atoms with Gasteiger partial charge in [-0.25, -0.2) is 0 Å². The fourth-order valence-corrected chi connectivity index (χ4v) is 2.19. The van der Waals surface area contributed by atoms with Crippen LogP contribution in [0.4, 0.5) is 5.69 Å². The zero-order chi connectivity index (χ0) is 10.8. The first-order chi connectivity index (χ1) is 7.31. The van der Waals surface area contributed by atoms with E-state index in [0.29, 0.717) is 5.92 Å². The van der Waals surface area contributed by atoms with E-state index < -0.39 is 0 Å². The molecule has 1 unspecified atom stereocenters. The second-order valence-corrected chi connectivity index (χ2v) is 3.74. The number of rotatable bonds is 3.